The number of tetrazole rings is 1. The molecule has 1 fully saturated rings. The first-order valence-corrected chi connectivity index (χ1v) is 9.46. The van der Waals surface area contributed by atoms with Crippen molar-refractivity contribution in [2.75, 3.05) is 13.1 Å². The van der Waals surface area contributed by atoms with Crippen LogP contribution in [-0.4, -0.2) is 48.7 Å². The molecule has 3 aromatic rings. The van der Waals surface area contributed by atoms with Crippen LogP contribution in [0.1, 0.15) is 29.6 Å². The monoisotopic (exact) mass is 376 g/mol. The smallest absolute Gasteiger partial charge is 0.252 e. The molecule has 1 aromatic carbocycles. The molecule has 1 amide bonds. The van der Waals surface area contributed by atoms with Crippen molar-refractivity contribution in [3.8, 4) is 0 Å². The molecule has 28 heavy (non-hydrogen) atoms. The highest BCUT2D eigenvalue weighted by Gasteiger charge is 2.39. The fourth-order valence-corrected chi connectivity index (χ4v) is 4.58. The van der Waals surface area contributed by atoms with Gasteiger partial charge in [0.1, 0.15) is 6.33 Å². The third-order valence-corrected chi connectivity index (χ3v) is 5.77. The number of aromatic nitrogens is 5. The second-order valence-electron chi connectivity index (χ2n) is 7.54. The number of fused-ring (bicyclic) bond motifs is 4. The molecule has 3 unspecified atom stereocenters. The molecule has 8 nitrogen and oxygen atoms in total. The average Bonchev–Trinajstić information content (AvgIpc) is 3.24. The lowest BCUT2D eigenvalue weighted by Gasteiger charge is -2.43. The first-order chi connectivity index (χ1) is 13.7. The molecule has 2 aliphatic heterocycles. The van der Waals surface area contributed by atoms with Crippen LogP contribution in [0.2, 0.25) is 0 Å². The third-order valence-electron chi connectivity index (χ3n) is 5.77. The number of likely N-dealkylation sites (tertiary alicyclic amines) is 1. The number of benzene rings is 1. The van der Waals surface area contributed by atoms with Crippen molar-refractivity contribution in [2.45, 2.75) is 24.9 Å². The van der Waals surface area contributed by atoms with E-state index < -0.39 is 6.04 Å². The van der Waals surface area contributed by atoms with E-state index in [4.69, 9.17) is 0 Å². The van der Waals surface area contributed by atoms with Gasteiger partial charge in [-0.3, -0.25) is 9.59 Å². The Hall–Kier alpha value is -3.29. The lowest BCUT2D eigenvalue weighted by Crippen LogP contribution is -2.51. The number of hydrogen-bond acceptors (Lipinski definition) is 5. The van der Waals surface area contributed by atoms with Gasteiger partial charge in [-0.05, 0) is 34.4 Å². The Balaban J connectivity index is 1.48. The molecular formula is C20H20N6O2. The molecule has 3 atom stereocenters. The zero-order valence-corrected chi connectivity index (χ0v) is 15.3. The first kappa shape index (κ1) is 16.9. The summed E-state index contributed by atoms with van der Waals surface area (Å²) in [6.45, 7) is 1.90. The molecule has 0 spiro atoms. The van der Waals surface area contributed by atoms with Gasteiger partial charge in [0.2, 0.25) is 0 Å². The molecule has 5 rings (SSSR count). The van der Waals surface area contributed by atoms with Crippen LogP contribution in [0.4, 0.5) is 0 Å². The van der Waals surface area contributed by atoms with Crippen molar-refractivity contribution in [3.63, 3.8) is 0 Å². The van der Waals surface area contributed by atoms with Crippen LogP contribution >= 0.6 is 0 Å². The number of piperidine rings is 1. The molecule has 142 valence electrons. The minimum absolute atomic E-state index is 0.0140. The number of pyridine rings is 1. The van der Waals surface area contributed by atoms with E-state index in [-0.39, 0.29) is 23.3 Å². The highest BCUT2D eigenvalue weighted by molar-refractivity contribution is 5.83. The topological polar surface area (TPSA) is 85.9 Å². The quantitative estimate of drug-likeness (QED) is 0.683. The summed E-state index contributed by atoms with van der Waals surface area (Å²) in [4.78, 5) is 27.7. The lowest BCUT2D eigenvalue weighted by atomic mass is 9.82. The van der Waals surface area contributed by atoms with Crippen LogP contribution in [-0.2, 0) is 11.3 Å². The van der Waals surface area contributed by atoms with Crippen molar-refractivity contribution in [3.05, 3.63) is 76.5 Å². The number of carbonyl (C=O) groups excluding carboxylic acids is 1. The molecule has 0 aliphatic carbocycles. The highest BCUT2D eigenvalue weighted by Crippen LogP contribution is 2.36. The maximum atomic E-state index is 13.5. The Morgan fingerprint density at radius 1 is 1.04 bits per heavy atom. The van der Waals surface area contributed by atoms with E-state index in [0.29, 0.717) is 19.6 Å². The van der Waals surface area contributed by atoms with Gasteiger partial charge in [-0.2, -0.15) is 0 Å². The van der Waals surface area contributed by atoms with Crippen LogP contribution in [0.15, 0.2) is 59.7 Å². The zero-order valence-electron chi connectivity index (χ0n) is 15.3. The van der Waals surface area contributed by atoms with Crippen molar-refractivity contribution in [1.82, 2.24) is 29.7 Å². The van der Waals surface area contributed by atoms with Gasteiger partial charge in [0, 0.05) is 37.3 Å². The fraction of sp³-hybridized carbons (Fsp3) is 0.350. The number of rotatable bonds is 3. The van der Waals surface area contributed by atoms with Gasteiger partial charge in [-0.15, -0.1) is 5.10 Å². The summed E-state index contributed by atoms with van der Waals surface area (Å²) in [5, 5.41) is 11.4. The van der Waals surface area contributed by atoms with Crippen LogP contribution in [0.25, 0.3) is 0 Å². The van der Waals surface area contributed by atoms with E-state index in [2.05, 4.69) is 15.5 Å². The molecule has 2 aromatic heterocycles. The van der Waals surface area contributed by atoms with Crippen molar-refractivity contribution < 1.29 is 4.79 Å². The number of hydrogen-bond donors (Lipinski definition) is 0. The van der Waals surface area contributed by atoms with E-state index in [1.807, 2.05) is 51.9 Å². The SMILES string of the molecule is O=C(C(c1ccccc1)n1cnnn1)N1CC2CC(C1)c1cccc(=O)n1C2. The van der Waals surface area contributed by atoms with E-state index in [1.54, 1.807) is 6.07 Å². The number of nitrogens with zero attached hydrogens (tertiary/aromatic N) is 6. The predicted octanol–water partition coefficient (Wildman–Crippen LogP) is 1.07. The molecule has 0 radical (unpaired) electrons. The average molecular weight is 376 g/mol. The van der Waals surface area contributed by atoms with Gasteiger partial charge >= 0.3 is 0 Å². The van der Waals surface area contributed by atoms with E-state index in [0.717, 1.165) is 17.7 Å². The van der Waals surface area contributed by atoms with Crippen molar-refractivity contribution >= 4 is 5.91 Å². The summed E-state index contributed by atoms with van der Waals surface area (Å²) in [5.41, 5.74) is 1.93. The summed E-state index contributed by atoms with van der Waals surface area (Å²) in [7, 11) is 0. The van der Waals surface area contributed by atoms with Crippen LogP contribution in [0.5, 0.6) is 0 Å². The Labute approximate surface area is 161 Å². The van der Waals surface area contributed by atoms with Gasteiger partial charge < -0.3 is 9.47 Å². The summed E-state index contributed by atoms with van der Waals surface area (Å²) >= 11 is 0. The highest BCUT2D eigenvalue weighted by atomic mass is 16.2. The van der Waals surface area contributed by atoms with Gasteiger partial charge in [-0.25, -0.2) is 4.68 Å². The van der Waals surface area contributed by atoms with Gasteiger partial charge in [0.05, 0.1) is 0 Å². The molecule has 2 bridgehead atoms. The van der Waals surface area contributed by atoms with Crippen molar-refractivity contribution in [2.24, 2.45) is 5.92 Å². The van der Waals surface area contributed by atoms with Crippen LogP contribution in [0.3, 0.4) is 0 Å². The van der Waals surface area contributed by atoms with Crippen molar-refractivity contribution in [1.29, 1.82) is 0 Å². The Morgan fingerprint density at radius 3 is 2.68 bits per heavy atom. The molecular weight excluding hydrogens is 356 g/mol. The molecule has 1 saturated heterocycles. The van der Waals surface area contributed by atoms with Crippen LogP contribution in [0, 0.1) is 5.92 Å². The number of carbonyl (C=O) groups is 1. The Morgan fingerprint density at radius 2 is 1.89 bits per heavy atom. The predicted molar refractivity (Wildman–Crippen MR) is 101 cm³/mol. The Kier molecular flexibility index (Phi) is 4.03. The van der Waals surface area contributed by atoms with Gasteiger partial charge in [0.25, 0.3) is 11.5 Å². The second kappa shape index (κ2) is 6.70. The molecule has 0 N–H and O–H groups in total. The maximum absolute atomic E-state index is 13.5. The van der Waals surface area contributed by atoms with Gasteiger partial charge in [-0.1, -0.05) is 36.4 Å². The lowest BCUT2D eigenvalue weighted by molar-refractivity contribution is -0.136. The normalized spacial score (nSPS) is 21.8. The minimum atomic E-state index is -0.590. The molecule has 2 aliphatic rings. The molecule has 0 saturated carbocycles. The first-order valence-electron chi connectivity index (χ1n) is 9.46. The Bertz CT molecular complexity index is 1050. The fourth-order valence-electron chi connectivity index (χ4n) is 4.58. The molecule has 8 heteroatoms. The van der Waals surface area contributed by atoms with E-state index in [1.165, 1.54) is 11.0 Å². The van der Waals surface area contributed by atoms with E-state index in [9.17, 15) is 9.59 Å². The van der Waals surface area contributed by atoms with Crippen LogP contribution < -0.4 is 5.56 Å². The largest absolute Gasteiger partial charge is 0.340 e. The maximum Gasteiger partial charge on any atom is 0.252 e. The summed E-state index contributed by atoms with van der Waals surface area (Å²) in [5.74, 6) is 0.441. The summed E-state index contributed by atoms with van der Waals surface area (Å²) in [6.07, 6.45) is 2.49. The summed E-state index contributed by atoms with van der Waals surface area (Å²) in [6, 6.07) is 14.4. The number of amides is 1. The minimum Gasteiger partial charge on any atom is -0.340 e. The summed E-state index contributed by atoms with van der Waals surface area (Å²) < 4.78 is 3.39. The second-order valence-corrected chi connectivity index (χ2v) is 7.54. The van der Waals surface area contributed by atoms with E-state index >= 15 is 0 Å². The van der Waals surface area contributed by atoms with Gasteiger partial charge in [0.15, 0.2) is 6.04 Å². The standard InChI is InChI=1S/C20H20N6O2/c27-18-8-4-7-17-16-9-14(11-25(17)18)10-24(12-16)20(28)19(26-13-21-22-23-26)15-5-2-1-3-6-15/h1-8,13-14,16,19H,9-12H2. The zero-order chi connectivity index (χ0) is 19.1. The molecule has 4 heterocycles. The third kappa shape index (κ3) is 2.81.